The van der Waals surface area contributed by atoms with E-state index in [2.05, 4.69) is 5.32 Å². The highest BCUT2D eigenvalue weighted by molar-refractivity contribution is 5.97. The van der Waals surface area contributed by atoms with Gasteiger partial charge in [0.1, 0.15) is 18.0 Å². The Balaban J connectivity index is 2.05. The van der Waals surface area contributed by atoms with Crippen LogP contribution in [0.5, 0.6) is 0 Å². The SMILES string of the molecule is COC1/C=C/CC/C=C/C(=O)OC(/C(C)=C/C(C)C(=O)CCCC2CC(=O)NC(=O)C2)C(C)C1O. The highest BCUT2D eigenvalue weighted by Crippen LogP contribution is 2.26. The summed E-state index contributed by atoms with van der Waals surface area (Å²) in [6, 6.07) is 0. The Kier molecular flexibility index (Phi) is 11.5. The molecule has 35 heavy (non-hydrogen) atoms. The predicted molar refractivity (Wildman–Crippen MR) is 131 cm³/mol. The van der Waals surface area contributed by atoms with E-state index in [0.29, 0.717) is 44.1 Å². The van der Waals surface area contributed by atoms with E-state index in [1.165, 1.54) is 13.2 Å². The molecule has 2 N–H and O–H groups in total. The first kappa shape index (κ1) is 28.7. The fourth-order valence-electron chi connectivity index (χ4n) is 4.62. The van der Waals surface area contributed by atoms with Crippen LogP contribution in [0.15, 0.2) is 36.0 Å². The van der Waals surface area contributed by atoms with Gasteiger partial charge in [-0.3, -0.25) is 19.7 Å². The number of amides is 2. The average Bonchev–Trinajstić information content (AvgIpc) is 2.79. The number of carbonyl (C=O) groups is 4. The number of allylic oxidation sites excluding steroid dienone is 3. The molecule has 0 aromatic rings. The number of aliphatic hydroxyl groups excluding tert-OH is 1. The number of cyclic esters (lactones) is 1. The normalized spacial score (nSPS) is 29.9. The number of imide groups is 1. The van der Waals surface area contributed by atoms with Gasteiger partial charge in [0.25, 0.3) is 0 Å². The Hall–Kier alpha value is -2.58. The van der Waals surface area contributed by atoms with Gasteiger partial charge in [0.2, 0.25) is 11.8 Å². The fraction of sp³-hybridized carbons (Fsp3) is 0.630. The van der Waals surface area contributed by atoms with E-state index >= 15 is 0 Å². The molecule has 1 saturated heterocycles. The topological polar surface area (TPSA) is 119 Å². The Morgan fingerprint density at radius 2 is 1.89 bits per heavy atom. The summed E-state index contributed by atoms with van der Waals surface area (Å²) in [5.41, 5.74) is 0.685. The molecule has 0 bridgehead atoms. The number of Topliss-reactive ketones (excluding diaryl/α,β-unsaturated/α-hetero) is 1. The molecule has 0 radical (unpaired) electrons. The van der Waals surface area contributed by atoms with Gasteiger partial charge in [-0.1, -0.05) is 38.2 Å². The molecular formula is C27H39NO7. The summed E-state index contributed by atoms with van der Waals surface area (Å²) in [7, 11) is 1.52. The molecule has 2 heterocycles. The molecule has 194 valence electrons. The molecule has 8 heteroatoms. The van der Waals surface area contributed by atoms with E-state index < -0.39 is 36.1 Å². The minimum Gasteiger partial charge on any atom is -0.454 e. The van der Waals surface area contributed by atoms with Crippen molar-refractivity contribution in [3.8, 4) is 0 Å². The number of hydrogen-bond acceptors (Lipinski definition) is 7. The standard InChI is InChI=1S/C27H39NO7/c1-17(21(29)11-9-10-20-15-23(30)28-24(31)16-20)14-18(2)27-19(3)26(33)22(34-4)12-7-5-6-8-13-25(32)35-27/h7-8,12-14,17,19-20,22,26-27,33H,5-6,9-11,15-16H2,1-4H3,(H,28,30,31)/b12-7+,13-8+,18-14+. The van der Waals surface area contributed by atoms with Gasteiger partial charge >= 0.3 is 5.97 Å². The van der Waals surface area contributed by atoms with Crippen LogP contribution in [-0.2, 0) is 28.7 Å². The van der Waals surface area contributed by atoms with Gasteiger partial charge in [-0.25, -0.2) is 4.79 Å². The second kappa shape index (κ2) is 14.1. The van der Waals surface area contributed by atoms with Gasteiger partial charge in [-0.15, -0.1) is 0 Å². The molecule has 2 aliphatic rings. The van der Waals surface area contributed by atoms with Crippen LogP contribution in [0, 0.1) is 17.8 Å². The Morgan fingerprint density at radius 3 is 2.54 bits per heavy atom. The molecule has 5 unspecified atom stereocenters. The van der Waals surface area contributed by atoms with Crippen LogP contribution in [0.1, 0.15) is 65.7 Å². The van der Waals surface area contributed by atoms with Gasteiger partial charge in [0.15, 0.2) is 0 Å². The first-order valence-corrected chi connectivity index (χ1v) is 12.4. The number of methoxy groups -OCH3 is 1. The quantitative estimate of drug-likeness (QED) is 0.305. The van der Waals surface area contributed by atoms with Crippen LogP contribution in [0.25, 0.3) is 0 Å². The summed E-state index contributed by atoms with van der Waals surface area (Å²) in [5.74, 6) is -1.89. The Labute approximate surface area is 207 Å². The van der Waals surface area contributed by atoms with Crippen molar-refractivity contribution in [2.24, 2.45) is 17.8 Å². The summed E-state index contributed by atoms with van der Waals surface area (Å²) in [6.07, 6.45) is 10.1. The van der Waals surface area contributed by atoms with Crippen LogP contribution in [0.4, 0.5) is 0 Å². The number of nitrogens with one attached hydrogen (secondary N) is 1. The van der Waals surface area contributed by atoms with Gasteiger partial charge in [0, 0.05) is 44.3 Å². The van der Waals surface area contributed by atoms with Crippen molar-refractivity contribution >= 4 is 23.6 Å². The summed E-state index contributed by atoms with van der Waals surface area (Å²) in [6.45, 7) is 5.39. The van der Waals surface area contributed by atoms with Crippen LogP contribution in [0.3, 0.4) is 0 Å². The zero-order valence-corrected chi connectivity index (χ0v) is 21.2. The van der Waals surface area contributed by atoms with Crippen LogP contribution < -0.4 is 5.32 Å². The average molecular weight is 490 g/mol. The smallest absolute Gasteiger partial charge is 0.331 e. The van der Waals surface area contributed by atoms with Crippen molar-refractivity contribution in [2.45, 2.75) is 84.0 Å². The largest absolute Gasteiger partial charge is 0.454 e. The van der Waals surface area contributed by atoms with E-state index in [-0.39, 0.29) is 23.5 Å². The molecule has 0 spiro atoms. The van der Waals surface area contributed by atoms with Gasteiger partial charge in [0.05, 0.1) is 6.10 Å². The maximum atomic E-state index is 12.8. The lowest BCUT2D eigenvalue weighted by Crippen LogP contribution is -2.41. The van der Waals surface area contributed by atoms with Gasteiger partial charge in [-0.2, -0.15) is 0 Å². The van der Waals surface area contributed by atoms with E-state index in [1.807, 2.05) is 12.2 Å². The van der Waals surface area contributed by atoms with E-state index in [4.69, 9.17) is 9.47 Å². The molecular weight excluding hydrogens is 450 g/mol. The third kappa shape index (κ3) is 9.18. The highest BCUT2D eigenvalue weighted by atomic mass is 16.5. The van der Waals surface area contributed by atoms with Gasteiger partial charge < -0.3 is 14.6 Å². The number of rotatable bonds is 8. The van der Waals surface area contributed by atoms with E-state index in [0.717, 1.165) is 6.42 Å². The number of hydrogen-bond donors (Lipinski definition) is 2. The molecule has 8 nitrogen and oxygen atoms in total. The van der Waals surface area contributed by atoms with Crippen molar-refractivity contribution in [1.82, 2.24) is 5.32 Å². The van der Waals surface area contributed by atoms with Crippen molar-refractivity contribution in [3.63, 3.8) is 0 Å². The molecule has 5 atom stereocenters. The summed E-state index contributed by atoms with van der Waals surface area (Å²) in [4.78, 5) is 48.2. The first-order chi connectivity index (χ1) is 16.6. The minimum atomic E-state index is -0.915. The molecule has 0 aliphatic carbocycles. The van der Waals surface area contributed by atoms with E-state index in [9.17, 15) is 24.3 Å². The number of ketones is 1. The third-order valence-electron chi connectivity index (χ3n) is 6.68. The van der Waals surface area contributed by atoms with E-state index in [1.54, 1.807) is 32.9 Å². The van der Waals surface area contributed by atoms with Crippen molar-refractivity contribution in [3.05, 3.63) is 36.0 Å². The van der Waals surface area contributed by atoms with Crippen molar-refractivity contribution in [2.75, 3.05) is 7.11 Å². The molecule has 0 aromatic carbocycles. The van der Waals surface area contributed by atoms with Crippen molar-refractivity contribution in [1.29, 1.82) is 0 Å². The number of aliphatic hydroxyl groups is 1. The maximum Gasteiger partial charge on any atom is 0.331 e. The van der Waals surface area contributed by atoms with Crippen LogP contribution in [-0.4, -0.2) is 54.1 Å². The molecule has 0 saturated carbocycles. The third-order valence-corrected chi connectivity index (χ3v) is 6.68. The monoisotopic (exact) mass is 489 g/mol. The lowest BCUT2D eigenvalue weighted by Gasteiger charge is -2.31. The molecule has 2 rings (SSSR count). The summed E-state index contributed by atoms with van der Waals surface area (Å²) >= 11 is 0. The number of esters is 1. The highest BCUT2D eigenvalue weighted by Gasteiger charge is 2.33. The number of piperidine rings is 1. The zero-order valence-electron chi connectivity index (χ0n) is 21.2. The van der Waals surface area contributed by atoms with Crippen LogP contribution >= 0.6 is 0 Å². The van der Waals surface area contributed by atoms with Crippen LogP contribution in [0.2, 0.25) is 0 Å². The minimum absolute atomic E-state index is 0.0227. The summed E-state index contributed by atoms with van der Waals surface area (Å²) < 4.78 is 11.2. The second-order valence-electron chi connectivity index (χ2n) is 9.62. The Morgan fingerprint density at radius 1 is 1.23 bits per heavy atom. The van der Waals surface area contributed by atoms with Crippen molar-refractivity contribution < 1.29 is 33.8 Å². The van der Waals surface area contributed by atoms with Gasteiger partial charge in [-0.05, 0) is 44.1 Å². The molecule has 2 amide bonds. The maximum absolute atomic E-state index is 12.8. The molecule has 1 fully saturated rings. The molecule has 0 aromatic heterocycles. The fourth-order valence-corrected chi connectivity index (χ4v) is 4.62. The second-order valence-corrected chi connectivity index (χ2v) is 9.62. The lowest BCUT2D eigenvalue weighted by atomic mass is 9.87. The molecule has 2 aliphatic heterocycles. The predicted octanol–water partition coefficient (Wildman–Crippen LogP) is 3.19. The lowest BCUT2D eigenvalue weighted by molar-refractivity contribution is -0.147. The summed E-state index contributed by atoms with van der Waals surface area (Å²) in [5, 5.41) is 13.2. The Bertz CT molecular complexity index is 844. The first-order valence-electron chi connectivity index (χ1n) is 12.4. The number of ether oxygens (including phenoxy) is 2. The number of carbonyl (C=O) groups excluding carboxylic acids is 4. The zero-order chi connectivity index (χ0) is 26.0.